The van der Waals surface area contributed by atoms with Gasteiger partial charge in [0.2, 0.25) is 0 Å². The summed E-state index contributed by atoms with van der Waals surface area (Å²) in [6.45, 7) is 0.622. The van der Waals surface area contributed by atoms with Gasteiger partial charge in [-0.3, -0.25) is 0 Å². The average molecular weight is 208 g/mol. The number of benzene rings is 2. The lowest BCUT2D eigenvalue weighted by atomic mass is 10.00. The maximum absolute atomic E-state index is 8.56. The zero-order valence-electron chi connectivity index (χ0n) is 8.96. The molecule has 2 heteroatoms. The molecule has 16 heavy (non-hydrogen) atoms. The Labute approximate surface area is 94.5 Å². The van der Waals surface area contributed by atoms with Crippen LogP contribution in [0.3, 0.4) is 0 Å². The van der Waals surface area contributed by atoms with Crippen molar-refractivity contribution in [1.82, 2.24) is 5.32 Å². The first kappa shape index (κ1) is 9.23. The molecule has 0 atom stereocenters. The van der Waals surface area contributed by atoms with Crippen molar-refractivity contribution in [2.45, 2.75) is 19.4 Å². The Kier molecular flexibility index (Phi) is 2.04. The van der Waals surface area contributed by atoms with Gasteiger partial charge in [0.1, 0.15) is 0 Å². The van der Waals surface area contributed by atoms with Crippen molar-refractivity contribution < 1.29 is 0 Å². The fourth-order valence-corrected chi connectivity index (χ4v) is 2.60. The van der Waals surface area contributed by atoms with Gasteiger partial charge in [-0.15, -0.1) is 0 Å². The normalized spacial score (nSPS) is 12.7. The number of aryl methyl sites for hydroxylation is 2. The summed E-state index contributed by atoms with van der Waals surface area (Å²) in [5, 5.41) is 14.0. The zero-order chi connectivity index (χ0) is 11.0. The van der Waals surface area contributed by atoms with Crippen LogP contribution in [0.2, 0.25) is 0 Å². The summed E-state index contributed by atoms with van der Waals surface area (Å²) < 4.78 is 0. The maximum Gasteiger partial charge on any atom is 0.176 e. The van der Waals surface area contributed by atoms with E-state index in [2.05, 4.69) is 35.6 Å². The smallest absolute Gasteiger partial charge is 0.176 e. The quantitative estimate of drug-likeness (QED) is 0.608. The molecule has 2 nitrogen and oxygen atoms in total. The Morgan fingerprint density at radius 1 is 1.12 bits per heavy atom. The molecule has 0 bridgehead atoms. The van der Waals surface area contributed by atoms with Gasteiger partial charge in [0.05, 0.1) is 6.54 Å². The lowest BCUT2D eigenvalue weighted by molar-refractivity contribution is 0.891. The molecule has 1 aliphatic carbocycles. The molecule has 2 aromatic carbocycles. The molecular formula is C14H12N2. The van der Waals surface area contributed by atoms with E-state index in [-0.39, 0.29) is 0 Å². The monoisotopic (exact) mass is 208 g/mol. The summed E-state index contributed by atoms with van der Waals surface area (Å²) in [6.07, 6.45) is 4.28. The second kappa shape index (κ2) is 3.53. The highest BCUT2D eigenvalue weighted by molar-refractivity contribution is 5.93. The summed E-state index contributed by atoms with van der Waals surface area (Å²) in [6, 6.07) is 10.8. The molecule has 3 rings (SSSR count). The SMILES string of the molecule is N#CNCc1ccc2c3c(cccc13)CC2. The first-order chi connectivity index (χ1) is 7.90. The van der Waals surface area contributed by atoms with Crippen LogP contribution in [-0.2, 0) is 19.4 Å². The average Bonchev–Trinajstić information content (AvgIpc) is 2.74. The van der Waals surface area contributed by atoms with Gasteiger partial charge >= 0.3 is 0 Å². The van der Waals surface area contributed by atoms with Crippen LogP contribution in [0.4, 0.5) is 0 Å². The Balaban J connectivity index is 2.22. The van der Waals surface area contributed by atoms with E-state index >= 15 is 0 Å². The summed E-state index contributed by atoms with van der Waals surface area (Å²) >= 11 is 0. The van der Waals surface area contributed by atoms with Gasteiger partial charge in [-0.2, -0.15) is 5.26 Å². The van der Waals surface area contributed by atoms with Gasteiger partial charge in [-0.25, -0.2) is 0 Å². The van der Waals surface area contributed by atoms with Crippen molar-refractivity contribution >= 4 is 10.8 Å². The van der Waals surface area contributed by atoms with E-state index in [1.807, 2.05) is 6.19 Å². The molecule has 0 aromatic heterocycles. The summed E-state index contributed by atoms with van der Waals surface area (Å²) in [5.74, 6) is 0. The van der Waals surface area contributed by atoms with E-state index in [1.165, 1.54) is 27.5 Å². The van der Waals surface area contributed by atoms with Crippen molar-refractivity contribution in [3.05, 3.63) is 47.0 Å². The van der Waals surface area contributed by atoms with Crippen LogP contribution in [0, 0.1) is 11.5 Å². The van der Waals surface area contributed by atoms with Gasteiger partial charge < -0.3 is 5.32 Å². The predicted octanol–water partition coefficient (Wildman–Crippen LogP) is 2.51. The first-order valence-corrected chi connectivity index (χ1v) is 5.54. The number of nitriles is 1. The van der Waals surface area contributed by atoms with Gasteiger partial charge in [0, 0.05) is 0 Å². The Hall–Kier alpha value is -2.01. The molecule has 1 aliphatic rings. The third-order valence-electron chi connectivity index (χ3n) is 3.33. The number of hydrogen-bond acceptors (Lipinski definition) is 2. The fraction of sp³-hybridized carbons (Fsp3) is 0.214. The maximum atomic E-state index is 8.56. The van der Waals surface area contributed by atoms with E-state index in [0.29, 0.717) is 6.54 Å². The van der Waals surface area contributed by atoms with E-state index in [0.717, 1.165) is 12.8 Å². The number of rotatable bonds is 2. The lowest BCUT2D eigenvalue weighted by Gasteiger charge is -2.07. The Morgan fingerprint density at radius 3 is 2.75 bits per heavy atom. The highest BCUT2D eigenvalue weighted by Gasteiger charge is 2.15. The van der Waals surface area contributed by atoms with Crippen molar-refractivity contribution in [3.8, 4) is 6.19 Å². The molecule has 0 fully saturated rings. The lowest BCUT2D eigenvalue weighted by Crippen LogP contribution is -2.05. The second-order valence-corrected chi connectivity index (χ2v) is 4.19. The minimum Gasteiger partial charge on any atom is -0.319 e. The summed E-state index contributed by atoms with van der Waals surface area (Å²) in [4.78, 5) is 0. The molecule has 0 spiro atoms. The molecular weight excluding hydrogens is 196 g/mol. The third kappa shape index (κ3) is 1.25. The Bertz CT molecular complexity index is 583. The van der Waals surface area contributed by atoms with Crippen LogP contribution in [0.15, 0.2) is 30.3 Å². The minimum atomic E-state index is 0.622. The van der Waals surface area contributed by atoms with E-state index in [9.17, 15) is 0 Å². The van der Waals surface area contributed by atoms with Gasteiger partial charge in [0.15, 0.2) is 6.19 Å². The molecule has 0 unspecified atom stereocenters. The zero-order valence-corrected chi connectivity index (χ0v) is 8.96. The van der Waals surface area contributed by atoms with E-state index in [4.69, 9.17) is 5.26 Å². The summed E-state index contributed by atoms with van der Waals surface area (Å²) in [7, 11) is 0. The van der Waals surface area contributed by atoms with E-state index < -0.39 is 0 Å². The Morgan fingerprint density at radius 2 is 1.94 bits per heavy atom. The van der Waals surface area contributed by atoms with Crippen molar-refractivity contribution in [2.75, 3.05) is 0 Å². The molecule has 0 saturated carbocycles. The largest absolute Gasteiger partial charge is 0.319 e. The van der Waals surface area contributed by atoms with Crippen LogP contribution < -0.4 is 5.32 Å². The van der Waals surface area contributed by atoms with Crippen LogP contribution in [0.25, 0.3) is 10.8 Å². The molecule has 0 saturated heterocycles. The number of nitrogens with one attached hydrogen (secondary N) is 1. The van der Waals surface area contributed by atoms with Crippen LogP contribution in [0.5, 0.6) is 0 Å². The fourth-order valence-electron chi connectivity index (χ4n) is 2.60. The first-order valence-electron chi connectivity index (χ1n) is 5.54. The molecule has 0 aliphatic heterocycles. The molecule has 0 radical (unpaired) electrons. The second-order valence-electron chi connectivity index (χ2n) is 4.19. The molecule has 0 amide bonds. The molecule has 0 heterocycles. The highest BCUT2D eigenvalue weighted by Crippen LogP contribution is 2.32. The van der Waals surface area contributed by atoms with Gasteiger partial charge in [-0.05, 0) is 40.3 Å². The van der Waals surface area contributed by atoms with Crippen molar-refractivity contribution in [1.29, 1.82) is 5.26 Å². The highest BCUT2D eigenvalue weighted by atomic mass is 14.8. The van der Waals surface area contributed by atoms with Crippen molar-refractivity contribution in [3.63, 3.8) is 0 Å². The predicted molar refractivity (Wildman–Crippen MR) is 63.8 cm³/mol. The molecule has 78 valence electrons. The standard InChI is InChI=1S/C14H12N2/c15-9-16-8-12-7-6-11-5-4-10-2-1-3-13(12)14(10)11/h1-3,6-7,16H,4-5,8H2. The van der Waals surface area contributed by atoms with Crippen LogP contribution in [0.1, 0.15) is 16.7 Å². The van der Waals surface area contributed by atoms with Gasteiger partial charge in [-0.1, -0.05) is 30.3 Å². The molecule has 2 aromatic rings. The number of hydrogen-bond donors (Lipinski definition) is 1. The van der Waals surface area contributed by atoms with E-state index in [1.54, 1.807) is 0 Å². The third-order valence-corrected chi connectivity index (χ3v) is 3.33. The topological polar surface area (TPSA) is 35.8 Å². The summed E-state index contributed by atoms with van der Waals surface area (Å²) in [5.41, 5.74) is 4.11. The minimum absolute atomic E-state index is 0.622. The van der Waals surface area contributed by atoms with Crippen LogP contribution in [-0.4, -0.2) is 0 Å². The number of nitrogens with zero attached hydrogens (tertiary/aromatic N) is 1. The van der Waals surface area contributed by atoms with Crippen molar-refractivity contribution in [2.24, 2.45) is 0 Å². The van der Waals surface area contributed by atoms with Gasteiger partial charge in [0.25, 0.3) is 0 Å². The van der Waals surface area contributed by atoms with Crippen LogP contribution >= 0.6 is 0 Å². The molecule has 1 N–H and O–H groups in total.